The summed E-state index contributed by atoms with van der Waals surface area (Å²) in [5.41, 5.74) is 5.54. The number of ether oxygens (including phenoxy) is 2. The van der Waals surface area contributed by atoms with Crippen LogP contribution in [0.2, 0.25) is 0 Å². The van der Waals surface area contributed by atoms with E-state index in [1.165, 1.54) is 0 Å². The van der Waals surface area contributed by atoms with Crippen molar-refractivity contribution in [2.75, 3.05) is 13.7 Å². The van der Waals surface area contributed by atoms with E-state index >= 15 is 0 Å². The topological polar surface area (TPSA) is 70.3 Å². The Labute approximate surface area is 102 Å². The molecule has 5 nitrogen and oxygen atoms in total. The summed E-state index contributed by atoms with van der Waals surface area (Å²) in [4.78, 5) is 8.20. The molecule has 0 amide bonds. The molecule has 1 aliphatic carbocycles. The average Bonchev–Trinajstić information content (AvgIpc) is 2.25. The van der Waals surface area contributed by atoms with Crippen LogP contribution in [0, 0.1) is 5.92 Å². The maximum Gasteiger partial charge on any atom is 0.320 e. The molecule has 1 aromatic rings. The van der Waals surface area contributed by atoms with Crippen molar-refractivity contribution >= 4 is 15.9 Å². The highest BCUT2D eigenvalue weighted by atomic mass is 79.9. The Bertz CT molecular complexity index is 369. The van der Waals surface area contributed by atoms with Crippen LogP contribution in [0.15, 0.2) is 10.7 Å². The molecular weight excluding hydrogens is 274 g/mol. The van der Waals surface area contributed by atoms with Crippen LogP contribution in [0.5, 0.6) is 11.9 Å². The fourth-order valence-corrected chi connectivity index (χ4v) is 2.00. The van der Waals surface area contributed by atoms with Crippen LogP contribution in [0.25, 0.3) is 0 Å². The maximum absolute atomic E-state index is 5.60. The van der Waals surface area contributed by atoms with Gasteiger partial charge in [0, 0.05) is 0 Å². The molecule has 0 saturated heterocycles. The van der Waals surface area contributed by atoms with Crippen molar-refractivity contribution in [1.29, 1.82) is 0 Å². The van der Waals surface area contributed by atoms with Gasteiger partial charge in [-0.15, -0.1) is 0 Å². The molecule has 0 spiro atoms. The normalized spacial score (nSPS) is 23.7. The molecule has 2 N–H and O–H groups in total. The Morgan fingerprint density at radius 2 is 2.31 bits per heavy atom. The Morgan fingerprint density at radius 1 is 1.56 bits per heavy atom. The Hall–Kier alpha value is -0.880. The van der Waals surface area contributed by atoms with Crippen molar-refractivity contribution in [3.63, 3.8) is 0 Å². The predicted octanol–water partition coefficient (Wildman–Crippen LogP) is 1.36. The molecule has 1 aromatic heterocycles. The molecular formula is C10H14BrN3O2. The second kappa shape index (κ2) is 4.97. The van der Waals surface area contributed by atoms with Gasteiger partial charge >= 0.3 is 6.01 Å². The first kappa shape index (κ1) is 11.6. The molecule has 16 heavy (non-hydrogen) atoms. The Kier molecular flexibility index (Phi) is 3.60. The minimum absolute atomic E-state index is 0.194. The molecule has 1 heterocycles. The van der Waals surface area contributed by atoms with E-state index in [0.29, 0.717) is 17.8 Å². The van der Waals surface area contributed by atoms with Gasteiger partial charge in [0.1, 0.15) is 6.10 Å². The molecule has 1 fully saturated rings. The number of aromatic nitrogens is 2. The first-order valence-electron chi connectivity index (χ1n) is 5.16. The average molecular weight is 288 g/mol. The van der Waals surface area contributed by atoms with Gasteiger partial charge in [0.05, 0.1) is 17.8 Å². The fraction of sp³-hybridized carbons (Fsp3) is 0.600. The van der Waals surface area contributed by atoms with E-state index in [0.717, 1.165) is 23.9 Å². The number of nitrogens with zero attached hydrogens (tertiary/aromatic N) is 2. The largest absolute Gasteiger partial charge is 0.480 e. The zero-order valence-corrected chi connectivity index (χ0v) is 10.6. The Balaban J connectivity index is 1.95. The number of rotatable bonds is 4. The minimum atomic E-state index is 0.194. The van der Waals surface area contributed by atoms with Crippen molar-refractivity contribution in [1.82, 2.24) is 9.97 Å². The van der Waals surface area contributed by atoms with E-state index in [9.17, 15) is 0 Å². The number of halogens is 1. The lowest BCUT2D eigenvalue weighted by molar-refractivity contribution is 0.0597. The van der Waals surface area contributed by atoms with Gasteiger partial charge in [0.2, 0.25) is 5.88 Å². The third-order valence-electron chi connectivity index (χ3n) is 2.68. The molecule has 1 saturated carbocycles. The second-order valence-electron chi connectivity index (χ2n) is 3.82. The monoisotopic (exact) mass is 287 g/mol. The summed E-state index contributed by atoms with van der Waals surface area (Å²) in [5.74, 6) is 1.07. The van der Waals surface area contributed by atoms with Gasteiger partial charge in [0.25, 0.3) is 0 Å². The SMILES string of the molecule is COc1nc(OC2CC(CN)C2)ncc1Br. The van der Waals surface area contributed by atoms with Crippen LogP contribution >= 0.6 is 15.9 Å². The third kappa shape index (κ3) is 2.44. The molecule has 0 aliphatic heterocycles. The van der Waals surface area contributed by atoms with Gasteiger partial charge in [-0.05, 0) is 41.2 Å². The van der Waals surface area contributed by atoms with Gasteiger partial charge in [-0.2, -0.15) is 4.98 Å². The number of nitrogens with two attached hydrogens (primary N) is 1. The fourth-order valence-electron chi connectivity index (χ4n) is 1.65. The summed E-state index contributed by atoms with van der Waals surface area (Å²) in [6, 6.07) is 0.362. The summed E-state index contributed by atoms with van der Waals surface area (Å²) in [6.45, 7) is 0.727. The van der Waals surface area contributed by atoms with Crippen LogP contribution < -0.4 is 15.2 Å². The van der Waals surface area contributed by atoms with Crippen LogP contribution in [-0.2, 0) is 0 Å². The molecule has 6 heteroatoms. The zero-order chi connectivity index (χ0) is 11.5. The first-order chi connectivity index (χ1) is 7.72. The van der Waals surface area contributed by atoms with Crippen molar-refractivity contribution < 1.29 is 9.47 Å². The van der Waals surface area contributed by atoms with E-state index < -0.39 is 0 Å². The summed E-state index contributed by atoms with van der Waals surface area (Å²) >= 11 is 3.29. The molecule has 1 aliphatic rings. The number of hydrogen-bond donors (Lipinski definition) is 1. The predicted molar refractivity (Wildman–Crippen MR) is 62.5 cm³/mol. The molecule has 0 radical (unpaired) electrons. The number of hydrogen-bond acceptors (Lipinski definition) is 5. The molecule has 0 atom stereocenters. The van der Waals surface area contributed by atoms with Gasteiger partial charge in [-0.1, -0.05) is 0 Å². The molecule has 88 valence electrons. The third-order valence-corrected chi connectivity index (χ3v) is 3.22. The van der Waals surface area contributed by atoms with Crippen LogP contribution in [0.3, 0.4) is 0 Å². The standard InChI is InChI=1S/C10H14BrN3O2/c1-15-9-8(11)5-13-10(14-9)16-7-2-6(3-7)4-12/h5-7H,2-4,12H2,1H3. The van der Waals surface area contributed by atoms with Crippen LogP contribution in [-0.4, -0.2) is 29.7 Å². The molecule has 2 rings (SSSR count). The van der Waals surface area contributed by atoms with Crippen LogP contribution in [0.1, 0.15) is 12.8 Å². The van der Waals surface area contributed by atoms with Crippen molar-refractivity contribution in [2.24, 2.45) is 11.7 Å². The van der Waals surface area contributed by atoms with Crippen molar-refractivity contribution in [3.8, 4) is 11.9 Å². The second-order valence-corrected chi connectivity index (χ2v) is 4.68. The highest BCUT2D eigenvalue weighted by Gasteiger charge is 2.30. The van der Waals surface area contributed by atoms with Crippen molar-refractivity contribution in [2.45, 2.75) is 18.9 Å². The first-order valence-corrected chi connectivity index (χ1v) is 5.95. The zero-order valence-electron chi connectivity index (χ0n) is 9.02. The van der Waals surface area contributed by atoms with Gasteiger partial charge < -0.3 is 15.2 Å². The lowest BCUT2D eigenvalue weighted by Crippen LogP contribution is -2.38. The van der Waals surface area contributed by atoms with E-state index in [2.05, 4.69) is 25.9 Å². The molecule has 0 unspecified atom stereocenters. The van der Waals surface area contributed by atoms with Gasteiger partial charge in [-0.25, -0.2) is 4.98 Å². The number of methoxy groups -OCH3 is 1. The molecule has 0 aromatic carbocycles. The maximum atomic E-state index is 5.60. The smallest absolute Gasteiger partial charge is 0.320 e. The lowest BCUT2D eigenvalue weighted by atomic mass is 9.82. The Morgan fingerprint density at radius 3 is 2.94 bits per heavy atom. The quantitative estimate of drug-likeness (QED) is 0.906. The summed E-state index contributed by atoms with van der Waals surface area (Å²) < 4.78 is 11.4. The van der Waals surface area contributed by atoms with Gasteiger partial charge in [0.15, 0.2) is 0 Å². The summed E-state index contributed by atoms with van der Waals surface area (Å²) in [6.07, 6.45) is 3.79. The minimum Gasteiger partial charge on any atom is -0.480 e. The van der Waals surface area contributed by atoms with E-state index in [1.807, 2.05) is 0 Å². The summed E-state index contributed by atoms with van der Waals surface area (Å²) in [5, 5.41) is 0. The van der Waals surface area contributed by atoms with E-state index in [4.69, 9.17) is 15.2 Å². The molecule has 0 bridgehead atoms. The highest BCUT2D eigenvalue weighted by Crippen LogP contribution is 2.30. The highest BCUT2D eigenvalue weighted by molar-refractivity contribution is 9.10. The summed E-state index contributed by atoms with van der Waals surface area (Å²) in [7, 11) is 1.56. The van der Waals surface area contributed by atoms with Gasteiger partial charge in [-0.3, -0.25) is 0 Å². The lowest BCUT2D eigenvalue weighted by Gasteiger charge is -2.33. The van der Waals surface area contributed by atoms with E-state index in [1.54, 1.807) is 13.3 Å². The van der Waals surface area contributed by atoms with Crippen LogP contribution in [0.4, 0.5) is 0 Å². The van der Waals surface area contributed by atoms with Crippen molar-refractivity contribution in [3.05, 3.63) is 10.7 Å². The van der Waals surface area contributed by atoms with E-state index in [-0.39, 0.29) is 6.10 Å².